The molecule has 0 bridgehead atoms. The van der Waals surface area contributed by atoms with Gasteiger partial charge in [0.25, 0.3) is 0 Å². The van der Waals surface area contributed by atoms with Crippen molar-refractivity contribution in [3.63, 3.8) is 0 Å². The van der Waals surface area contributed by atoms with Gasteiger partial charge < -0.3 is 4.42 Å². The van der Waals surface area contributed by atoms with Gasteiger partial charge in [0.05, 0.1) is 51.2 Å². The lowest BCUT2D eigenvalue weighted by Gasteiger charge is -2.21. The summed E-state index contributed by atoms with van der Waals surface area (Å²) in [4.78, 5) is 3.04. The lowest BCUT2D eigenvalue weighted by atomic mass is 10.2. The summed E-state index contributed by atoms with van der Waals surface area (Å²) in [6.45, 7) is -1.26. The Morgan fingerprint density at radius 2 is 1.75 bits per heavy atom. The van der Waals surface area contributed by atoms with Crippen molar-refractivity contribution in [3.05, 3.63) is 102 Å². The van der Waals surface area contributed by atoms with Crippen LogP contribution in [-0.2, 0) is 22.9 Å². The van der Waals surface area contributed by atoms with Crippen LogP contribution < -0.4 is 0 Å². The minimum atomic E-state index is -4.41. The smallest absolute Gasteiger partial charge is 0.401 e. The van der Waals surface area contributed by atoms with E-state index in [-0.39, 0.29) is 18.0 Å². The van der Waals surface area contributed by atoms with Crippen LogP contribution in [-0.4, -0.2) is 42.1 Å². The predicted molar refractivity (Wildman–Crippen MR) is 149 cm³/mol. The van der Waals surface area contributed by atoms with Gasteiger partial charge >= 0.3 is 6.18 Å². The third-order valence-electron chi connectivity index (χ3n) is 5.99. The van der Waals surface area contributed by atoms with Gasteiger partial charge in [0.2, 0.25) is 0 Å². The second kappa shape index (κ2) is 11.2. The molecule has 0 aliphatic heterocycles. The first-order chi connectivity index (χ1) is 19.0. The molecule has 6 nitrogen and oxygen atoms in total. The summed E-state index contributed by atoms with van der Waals surface area (Å²) in [5.74, 6) is 0.411. The average molecular weight is 606 g/mol. The van der Waals surface area contributed by atoms with E-state index >= 15 is 0 Å². The van der Waals surface area contributed by atoms with Crippen molar-refractivity contribution in [2.75, 3.05) is 12.8 Å². The number of sulfone groups is 1. The Bertz CT molecular complexity index is 1730. The number of furan rings is 1. The fourth-order valence-electron chi connectivity index (χ4n) is 4.27. The average Bonchev–Trinajstić information content (AvgIpc) is 3.64. The van der Waals surface area contributed by atoms with Crippen molar-refractivity contribution in [1.82, 2.24) is 14.7 Å². The normalized spacial score (nSPS) is 12.3. The molecule has 5 aromatic rings. The molecule has 0 amide bonds. The number of rotatable bonds is 9. The Morgan fingerprint density at radius 3 is 2.45 bits per heavy atom. The highest BCUT2D eigenvalue weighted by molar-refractivity contribution is 7.90. The standard InChI is InChI=1S/C28H23ClF3N3O3S2/c1-40(36,37)22-8-4-6-19(14-22)26-11-12-27(39-26)25-15-20(33-35(25)24-10-3-2-9-23(24)29)16-34(18-28(30,31)32)17-21-7-5-13-38-21/h2-15H,16-18H2,1H3. The molecular formula is C28H23ClF3N3O3S2. The largest absolute Gasteiger partial charge is 0.468 e. The van der Waals surface area contributed by atoms with Crippen LogP contribution in [0.4, 0.5) is 13.2 Å². The maximum atomic E-state index is 13.4. The molecule has 0 radical (unpaired) electrons. The van der Waals surface area contributed by atoms with Crippen LogP contribution in [0.25, 0.3) is 26.7 Å². The van der Waals surface area contributed by atoms with E-state index < -0.39 is 22.6 Å². The molecule has 0 unspecified atom stereocenters. The van der Waals surface area contributed by atoms with Gasteiger partial charge in [0, 0.05) is 17.7 Å². The van der Waals surface area contributed by atoms with Crippen LogP contribution >= 0.6 is 22.9 Å². The molecule has 2 aromatic carbocycles. The SMILES string of the molecule is CS(=O)(=O)c1cccc(-c2ccc(-c3cc(CN(Cc4ccco4)CC(F)(F)F)nn3-c3ccccc3Cl)s2)c1. The summed E-state index contributed by atoms with van der Waals surface area (Å²) in [7, 11) is -3.38. The molecule has 208 valence electrons. The fraction of sp³-hybridized carbons (Fsp3) is 0.179. The van der Waals surface area contributed by atoms with Gasteiger partial charge in [-0.1, -0.05) is 35.9 Å². The number of nitrogens with zero attached hydrogens (tertiary/aromatic N) is 3. The topological polar surface area (TPSA) is 68.3 Å². The van der Waals surface area contributed by atoms with Crippen molar-refractivity contribution in [1.29, 1.82) is 0 Å². The maximum absolute atomic E-state index is 13.4. The van der Waals surface area contributed by atoms with Crippen LogP contribution in [0, 0.1) is 0 Å². The second-order valence-electron chi connectivity index (χ2n) is 9.19. The summed E-state index contributed by atoms with van der Waals surface area (Å²) in [6, 6.07) is 22.5. The molecule has 0 atom stereocenters. The zero-order valence-electron chi connectivity index (χ0n) is 21.1. The Kier molecular flexibility index (Phi) is 7.92. The first kappa shape index (κ1) is 28.2. The van der Waals surface area contributed by atoms with E-state index in [1.807, 2.05) is 18.2 Å². The number of alkyl halides is 3. The number of para-hydroxylation sites is 1. The van der Waals surface area contributed by atoms with Crippen LogP contribution in [0.5, 0.6) is 0 Å². The highest BCUT2D eigenvalue weighted by atomic mass is 35.5. The van der Waals surface area contributed by atoms with Crippen molar-refractivity contribution in [3.8, 4) is 26.7 Å². The number of thiophene rings is 1. The molecule has 0 aliphatic rings. The monoisotopic (exact) mass is 605 g/mol. The minimum Gasteiger partial charge on any atom is -0.468 e. The number of hydrogen-bond donors (Lipinski definition) is 0. The quantitative estimate of drug-likeness (QED) is 0.174. The number of aromatic nitrogens is 2. The summed E-state index contributed by atoms with van der Waals surface area (Å²) in [5.41, 5.74) is 2.37. The zero-order chi connectivity index (χ0) is 28.5. The third kappa shape index (κ3) is 6.67. The van der Waals surface area contributed by atoms with Gasteiger partial charge in [-0.05, 0) is 60.2 Å². The van der Waals surface area contributed by atoms with Crippen molar-refractivity contribution in [2.45, 2.75) is 24.2 Å². The first-order valence-electron chi connectivity index (χ1n) is 12.0. The van der Waals surface area contributed by atoms with Gasteiger partial charge in [0.1, 0.15) is 5.76 Å². The molecule has 40 heavy (non-hydrogen) atoms. The fourth-order valence-corrected chi connectivity index (χ4v) is 6.16. The van der Waals surface area contributed by atoms with Gasteiger partial charge in [-0.15, -0.1) is 11.3 Å². The second-order valence-corrected chi connectivity index (χ2v) is 12.7. The lowest BCUT2D eigenvalue weighted by molar-refractivity contribution is -0.149. The maximum Gasteiger partial charge on any atom is 0.401 e. The van der Waals surface area contributed by atoms with E-state index in [9.17, 15) is 21.6 Å². The van der Waals surface area contributed by atoms with Crippen LogP contribution in [0.15, 0.2) is 94.4 Å². The molecule has 3 heterocycles. The molecular weight excluding hydrogens is 583 g/mol. The molecule has 12 heteroatoms. The minimum absolute atomic E-state index is 0.0410. The number of halogens is 4. The van der Waals surface area contributed by atoms with Crippen molar-refractivity contribution in [2.24, 2.45) is 0 Å². The highest BCUT2D eigenvalue weighted by Crippen LogP contribution is 2.37. The summed E-state index contributed by atoms with van der Waals surface area (Å²) >= 11 is 7.90. The summed E-state index contributed by atoms with van der Waals surface area (Å²) in [5, 5.41) is 5.09. The number of benzene rings is 2. The van der Waals surface area contributed by atoms with E-state index in [1.165, 1.54) is 22.5 Å². The molecule has 0 saturated carbocycles. The molecule has 0 saturated heterocycles. The van der Waals surface area contributed by atoms with E-state index in [0.29, 0.717) is 27.9 Å². The van der Waals surface area contributed by atoms with Crippen LogP contribution in [0.3, 0.4) is 0 Å². The summed E-state index contributed by atoms with van der Waals surface area (Å²) < 4.78 is 71.3. The zero-order valence-corrected chi connectivity index (χ0v) is 23.5. The van der Waals surface area contributed by atoms with E-state index in [1.54, 1.807) is 65.3 Å². The molecule has 5 rings (SSSR count). The van der Waals surface area contributed by atoms with Gasteiger partial charge in [-0.2, -0.15) is 18.3 Å². The molecule has 3 aromatic heterocycles. The molecule has 0 fully saturated rings. The van der Waals surface area contributed by atoms with Crippen LogP contribution in [0.2, 0.25) is 5.02 Å². The van der Waals surface area contributed by atoms with Gasteiger partial charge in [-0.25, -0.2) is 13.1 Å². The Balaban J connectivity index is 1.54. The van der Waals surface area contributed by atoms with E-state index in [0.717, 1.165) is 21.6 Å². The number of hydrogen-bond acceptors (Lipinski definition) is 6. The van der Waals surface area contributed by atoms with Crippen molar-refractivity contribution >= 4 is 32.8 Å². The van der Waals surface area contributed by atoms with Gasteiger partial charge in [0.15, 0.2) is 9.84 Å². The van der Waals surface area contributed by atoms with Crippen LogP contribution in [0.1, 0.15) is 11.5 Å². The highest BCUT2D eigenvalue weighted by Gasteiger charge is 2.32. The Labute approximate surface area is 238 Å². The van der Waals surface area contributed by atoms with E-state index in [4.69, 9.17) is 16.0 Å². The Hall–Kier alpha value is -3.38. The van der Waals surface area contributed by atoms with E-state index in [2.05, 4.69) is 5.10 Å². The molecule has 0 N–H and O–H groups in total. The molecule has 0 spiro atoms. The third-order valence-corrected chi connectivity index (χ3v) is 8.58. The van der Waals surface area contributed by atoms with Crippen molar-refractivity contribution < 1.29 is 26.0 Å². The summed E-state index contributed by atoms with van der Waals surface area (Å²) in [6.07, 6.45) is -1.83. The predicted octanol–water partition coefficient (Wildman–Crippen LogP) is 7.48. The first-order valence-corrected chi connectivity index (χ1v) is 15.1. The van der Waals surface area contributed by atoms with Gasteiger partial charge in [-0.3, -0.25) is 4.90 Å². The molecule has 0 aliphatic carbocycles. The lowest BCUT2D eigenvalue weighted by Crippen LogP contribution is -2.33. The Morgan fingerprint density at radius 1 is 0.975 bits per heavy atom.